The highest BCUT2D eigenvalue weighted by molar-refractivity contribution is 5.68. The molecule has 5 heteroatoms. The summed E-state index contributed by atoms with van der Waals surface area (Å²) in [5, 5.41) is 9.53. The molecule has 0 spiro atoms. The van der Waals surface area contributed by atoms with Crippen molar-refractivity contribution in [3.05, 3.63) is 35.6 Å². The summed E-state index contributed by atoms with van der Waals surface area (Å²) in [6.45, 7) is 6.26. The Morgan fingerprint density at radius 1 is 1.43 bits per heavy atom. The molecule has 1 aromatic carbocycles. The number of rotatable bonds is 2. The molecule has 0 bridgehead atoms. The Kier molecular flexibility index (Phi) is 4.52. The highest BCUT2D eigenvalue weighted by atomic mass is 19.1. The van der Waals surface area contributed by atoms with Crippen LogP contribution in [0.2, 0.25) is 0 Å². The number of ether oxygens (including phenoxy) is 1. The number of halogens is 1. The van der Waals surface area contributed by atoms with Gasteiger partial charge in [0.2, 0.25) is 0 Å². The lowest BCUT2D eigenvalue weighted by Gasteiger charge is -2.24. The van der Waals surface area contributed by atoms with Gasteiger partial charge in [-0.25, -0.2) is 9.18 Å². The van der Waals surface area contributed by atoms with Gasteiger partial charge in [0.25, 0.3) is 0 Å². The molecule has 1 N–H and O–H groups in total. The fraction of sp³-hybridized carbons (Fsp3) is 0.562. The van der Waals surface area contributed by atoms with E-state index in [1.165, 1.54) is 12.1 Å². The van der Waals surface area contributed by atoms with Gasteiger partial charge >= 0.3 is 6.09 Å². The van der Waals surface area contributed by atoms with Crippen molar-refractivity contribution in [3.63, 3.8) is 0 Å². The standard InChI is InChI=1S/C16H22FNO3/c1-16(2,3)21-15(20)18-8-12(10-19)14(9-18)11-5-4-6-13(17)7-11/h4-7,12,14,19H,8-10H2,1-3H3/t12-,14-/m0/s1. The molecule has 1 aliphatic rings. The first-order chi connectivity index (χ1) is 9.80. The molecule has 2 atom stereocenters. The molecule has 1 heterocycles. The number of hydrogen-bond acceptors (Lipinski definition) is 3. The van der Waals surface area contributed by atoms with Gasteiger partial charge in [0.1, 0.15) is 11.4 Å². The van der Waals surface area contributed by atoms with E-state index in [-0.39, 0.29) is 30.4 Å². The number of nitrogens with zero attached hydrogens (tertiary/aromatic N) is 1. The van der Waals surface area contributed by atoms with E-state index in [0.717, 1.165) is 5.56 Å². The molecule has 0 aliphatic carbocycles. The summed E-state index contributed by atoms with van der Waals surface area (Å²) in [5.74, 6) is -0.475. The van der Waals surface area contributed by atoms with Crippen LogP contribution in [0.15, 0.2) is 24.3 Å². The van der Waals surface area contributed by atoms with E-state index in [1.54, 1.807) is 11.0 Å². The van der Waals surface area contributed by atoms with Crippen LogP contribution in [0, 0.1) is 11.7 Å². The first-order valence-corrected chi connectivity index (χ1v) is 7.14. The van der Waals surface area contributed by atoms with Gasteiger partial charge in [-0.1, -0.05) is 12.1 Å². The Morgan fingerprint density at radius 3 is 2.71 bits per heavy atom. The van der Waals surface area contributed by atoms with Crippen LogP contribution in [0.4, 0.5) is 9.18 Å². The number of likely N-dealkylation sites (tertiary alicyclic amines) is 1. The zero-order chi connectivity index (χ0) is 15.6. The summed E-state index contributed by atoms with van der Waals surface area (Å²) in [5.41, 5.74) is 0.253. The molecule has 1 aliphatic heterocycles. The predicted molar refractivity (Wildman–Crippen MR) is 77.5 cm³/mol. The Bertz CT molecular complexity index is 512. The third-order valence-corrected chi connectivity index (χ3v) is 3.60. The van der Waals surface area contributed by atoms with Gasteiger partial charge in [0, 0.05) is 31.5 Å². The first kappa shape index (κ1) is 15.8. The molecule has 1 amide bonds. The number of carbonyl (C=O) groups excluding carboxylic acids is 1. The van der Waals surface area contributed by atoms with Crippen molar-refractivity contribution in [2.45, 2.75) is 32.3 Å². The Labute approximate surface area is 124 Å². The second kappa shape index (κ2) is 6.02. The largest absolute Gasteiger partial charge is 0.444 e. The maximum absolute atomic E-state index is 13.4. The van der Waals surface area contributed by atoms with E-state index >= 15 is 0 Å². The van der Waals surface area contributed by atoms with Gasteiger partial charge in [0.15, 0.2) is 0 Å². The average molecular weight is 295 g/mol. The second-order valence-electron chi connectivity index (χ2n) is 6.49. The maximum atomic E-state index is 13.4. The summed E-state index contributed by atoms with van der Waals surface area (Å²) >= 11 is 0. The molecule has 116 valence electrons. The molecule has 1 fully saturated rings. The quantitative estimate of drug-likeness (QED) is 0.912. The second-order valence-corrected chi connectivity index (χ2v) is 6.49. The minimum absolute atomic E-state index is 0.0412. The Hall–Kier alpha value is -1.62. The minimum Gasteiger partial charge on any atom is -0.444 e. The molecule has 0 radical (unpaired) electrons. The third-order valence-electron chi connectivity index (χ3n) is 3.60. The van der Waals surface area contributed by atoms with E-state index < -0.39 is 5.60 Å². The molecule has 1 aromatic rings. The molecule has 21 heavy (non-hydrogen) atoms. The molecular weight excluding hydrogens is 273 g/mol. The molecule has 0 saturated carbocycles. The normalized spacial score (nSPS) is 22.4. The van der Waals surface area contributed by atoms with Crippen molar-refractivity contribution in [1.82, 2.24) is 4.90 Å². The van der Waals surface area contributed by atoms with Crippen LogP contribution >= 0.6 is 0 Å². The van der Waals surface area contributed by atoms with Crippen LogP contribution in [0.5, 0.6) is 0 Å². The Morgan fingerprint density at radius 2 is 2.14 bits per heavy atom. The summed E-state index contributed by atoms with van der Waals surface area (Å²) in [4.78, 5) is 13.7. The van der Waals surface area contributed by atoms with Crippen LogP contribution in [0.3, 0.4) is 0 Å². The van der Waals surface area contributed by atoms with Crippen LogP contribution in [0.25, 0.3) is 0 Å². The number of aliphatic hydroxyl groups excluding tert-OH is 1. The van der Waals surface area contributed by atoms with Crippen molar-refractivity contribution in [2.75, 3.05) is 19.7 Å². The first-order valence-electron chi connectivity index (χ1n) is 7.14. The average Bonchev–Trinajstić information content (AvgIpc) is 2.81. The van der Waals surface area contributed by atoms with Crippen molar-refractivity contribution in [3.8, 4) is 0 Å². The lowest BCUT2D eigenvalue weighted by Crippen LogP contribution is -2.35. The summed E-state index contributed by atoms with van der Waals surface area (Å²) in [6, 6.07) is 6.33. The smallest absolute Gasteiger partial charge is 0.410 e. The van der Waals surface area contributed by atoms with Crippen LogP contribution < -0.4 is 0 Å². The van der Waals surface area contributed by atoms with Crippen molar-refractivity contribution >= 4 is 6.09 Å². The van der Waals surface area contributed by atoms with Crippen LogP contribution in [-0.4, -0.2) is 41.4 Å². The SMILES string of the molecule is CC(C)(C)OC(=O)N1C[C@@H](CO)[C@H](c2cccc(F)c2)C1. The van der Waals surface area contributed by atoms with Crippen LogP contribution in [-0.2, 0) is 4.74 Å². The number of benzene rings is 1. The van der Waals surface area contributed by atoms with Gasteiger partial charge in [-0.3, -0.25) is 0 Å². The molecule has 0 unspecified atom stereocenters. The monoisotopic (exact) mass is 295 g/mol. The Balaban J connectivity index is 2.12. The zero-order valence-electron chi connectivity index (χ0n) is 12.7. The lowest BCUT2D eigenvalue weighted by molar-refractivity contribution is 0.0283. The number of hydrogen-bond donors (Lipinski definition) is 1. The predicted octanol–water partition coefficient (Wildman–Crippen LogP) is 2.77. The van der Waals surface area contributed by atoms with E-state index in [1.807, 2.05) is 26.8 Å². The molecule has 2 rings (SSSR count). The molecular formula is C16H22FNO3. The molecule has 0 aromatic heterocycles. The zero-order valence-corrected chi connectivity index (χ0v) is 12.7. The highest BCUT2D eigenvalue weighted by Crippen LogP contribution is 2.33. The van der Waals surface area contributed by atoms with E-state index in [4.69, 9.17) is 4.74 Å². The van der Waals surface area contributed by atoms with E-state index in [0.29, 0.717) is 13.1 Å². The fourth-order valence-electron chi connectivity index (χ4n) is 2.65. The van der Waals surface area contributed by atoms with Crippen LogP contribution in [0.1, 0.15) is 32.3 Å². The summed E-state index contributed by atoms with van der Waals surface area (Å²) < 4.78 is 18.7. The lowest BCUT2D eigenvalue weighted by atomic mass is 9.89. The van der Waals surface area contributed by atoms with E-state index in [2.05, 4.69) is 0 Å². The van der Waals surface area contributed by atoms with Crippen molar-refractivity contribution in [1.29, 1.82) is 0 Å². The van der Waals surface area contributed by atoms with E-state index in [9.17, 15) is 14.3 Å². The topological polar surface area (TPSA) is 49.8 Å². The fourth-order valence-corrected chi connectivity index (χ4v) is 2.65. The van der Waals surface area contributed by atoms with Gasteiger partial charge in [-0.2, -0.15) is 0 Å². The minimum atomic E-state index is -0.553. The highest BCUT2D eigenvalue weighted by Gasteiger charge is 2.37. The van der Waals surface area contributed by atoms with Gasteiger partial charge in [0.05, 0.1) is 0 Å². The number of amides is 1. The molecule has 1 saturated heterocycles. The van der Waals surface area contributed by atoms with Gasteiger partial charge in [-0.15, -0.1) is 0 Å². The maximum Gasteiger partial charge on any atom is 0.410 e. The summed E-state index contributed by atoms with van der Waals surface area (Å²) in [6.07, 6.45) is -0.389. The third kappa shape index (κ3) is 3.94. The van der Waals surface area contributed by atoms with Crippen molar-refractivity contribution in [2.24, 2.45) is 5.92 Å². The van der Waals surface area contributed by atoms with Gasteiger partial charge in [-0.05, 0) is 38.5 Å². The van der Waals surface area contributed by atoms with Gasteiger partial charge < -0.3 is 14.7 Å². The number of carbonyl (C=O) groups is 1. The molecule has 4 nitrogen and oxygen atoms in total. The van der Waals surface area contributed by atoms with Crippen molar-refractivity contribution < 1.29 is 19.0 Å². The number of aliphatic hydroxyl groups is 1. The summed E-state index contributed by atoms with van der Waals surface area (Å²) in [7, 11) is 0.